The lowest BCUT2D eigenvalue weighted by molar-refractivity contribution is -0.197. The smallest absolute Gasteiger partial charge is 0.392 e. The Balaban J connectivity index is 1.49. The Morgan fingerprint density at radius 2 is 1.69 bits per heavy atom. The zero-order valence-corrected chi connectivity index (χ0v) is 20.3. The Morgan fingerprint density at radius 1 is 1.06 bits per heavy atom. The predicted molar refractivity (Wildman–Crippen MR) is 128 cm³/mol. The van der Waals surface area contributed by atoms with E-state index in [0.717, 1.165) is 11.1 Å². The number of hydrogen-bond donors (Lipinski definition) is 0. The van der Waals surface area contributed by atoms with Gasteiger partial charge in [-0.25, -0.2) is 0 Å². The number of ether oxygens (including phenoxy) is 1. The van der Waals surface area contributed by atoms with Gasteiger partial charge in [-0.15, -0.1) is 0 Å². The van der Waals surface area contributed by atoms with Gasteiger partial charge >= 0.3 is 6.18 Å². The summed E-state index contributed by atoms with van der Waals surface area (Å²) >= 11 is 0. The number of para-hydroxylation sites is 1. The summed E-state index contributed by atoms with van der Waals surface area (Å²) in [5.74, 6) is -2.38. The van der Waals surface area contributed by atoms with Crippen LogP contribution >= 0.6 is 0 Å². The molecule has 8 heteroatoms. The summed E-state index contributed by atoms with van der Waals surface area (Å²) in [5, 5.41) is 0. The molecule has 1 saturated heterocycles. The van der Waals surface area contributed by atoms with Gasteiger partial charge < -0.3 is 14.5 Å². The van der Waals surface area contributed by atoms with Gasteiger partial charge in [0.05, 0.1) is 18.9 Å². The van der Waals surface area contributed by atoms with E-state index >= 15 is 0 Å². The molecular weight excluding hydrogens is 457 g/mol. The van der Waals surface area contributed by atoms with Crippen LogP contribution in [0.4, 0.5) is 13.2 Å². The minimum atomic E-state index is -4.47. The van der Waals surface area contributed by atoms with Crippen LogP contribution in [0.15, 0.2) is 54.6 Å². The molecule has 2 aromatic rings. The average Bonchev–Trinajstić information content (AvgIpc) is 2.84. The Hall–Kier alpha value is -3.03. The van der Waals surface area contributed by atoms with Crippen LogP contribution in [-0.4, -0.2) is 54.5 Å². The number of alkyl halides is 3. The van der Waals surface area contributed by atoms with Crippen molar-refractivity contribution in [2.24, 2.45) is 11.8 Å². The molecule has 0 aromatic heterocycles. The molecule has 1 aliphatic heterocycles. The second-order valence-electron chi connectivity index (χ2n) is 9.22. The van der Waals surface area contributed by atoms with Crippen LogP contribution in [0.3, 0.4) is 0 Å². The number of amides is 2. The molecule has 1 fully saturated rings. The molecule has 1 unspecified atom stereocenters. The van der Waals surface area contributed by atoms with Crippen molar-refractivity contribution in [3.05, 3.63) is 65.7 Å². The fourth-order valence-corrected chi connectivity index (χ4v) is 4.43. The second kappa shape index (κ2) is 12.1. The van der Waals surface area contributed by atoms with E-state index in [-0.39, 0.29) is 51.4 Å². The lowest BCUT2D eigenvalue weighted by Crippen LogP contribution is -2.44. The number of aryl methyl sites for hydroxylation is 1. The third-order valence-electron chi connectivity index (χ3n) is 6.57. The quantitative estimate of drug-likeness (QED) is 0.484. The van der Waals surface area contributed by atoms with E-state index < -0.39 is 30.3 Å². The number of carbonyl (C=O) groups is 2. The minimum absolute atomic E-state index is 0.128. The number of rotatable bonds is 9. The van der Waals surface area contributed by atoms with E-state index in [4.69, 9.17) is 4.74 Å². The van der Waals surface area contributed by atoms with Gasteiger partial charge in [0, 0.05) is 33.1 Å². The van der Waals surface area contributed by atoms with Crippen molar-refractivity contribution in [2.45, 2.75) is 45.3 Å². The molecule has 190 valence electrons. The van der Waals surface area contributed by atoms with Gasteiger partial charge in [0.1, 0.15) is 5.75 Å². The molecule has 0 aliphatic carbocycles. The molecule has 35 heavy (non-hydrogen) atoms. The van der Waals surface area contributed by atoms with E-state index in [2.05, 4.69) is 0 Å². The first-order valence-corrected chi connectivity index (χ1v) is 12.0. The lowest BCUT2D eigenvalue weighted by Gasteiger charge is -2.37. The molecule has 1 aliphatic rings. The molecule has 1 atom stereocenters. The van der Waals surface area contributed by atoms with E-state index in [1.54, 1.807) is 17.0 Å². The van der Waals surface area contributed by atoms with Gasteiger partial charge in [-0.2, -0.15) is 13.2 Å². The highest BCUT2D eigenvalue weighted by atomic mass is 19.4. The van der Waals surface area contributed by atoms with E-state index in [9.17, 15) is 22.8 Å². The third-order valence-corrected chi connectivity index (χ3v) is 6.57. The molecule has 5 nitrogen and oxygen atoms in total. The Kier molecular flexibility index (Phi) is 9.18. The number of carbonyl (C=O) groups excluding carboxylic acids is 2. The first kappa shape index (κ1) is 26.6. The van der Waals surface area contributed by atoms with Crippen LogP contribution in [0.5, 0.6) is 5.75 Å². The molecule has 0 spiro atoms. The molecule has 2 amide bonds. The van der Waals surface area contributed by atoms with Crippen LogP contribution < -0.4 is 4.74 Å². The standard InChI is InChI=1S/C27H33F3N2O3/c1-20-8-10-21(11-9-20)19-31(2)26(34)18-24(27(28,29)30)22-12-15-32(16-13-22)25(33)14-17-35-23-6-4-3-5-7-23/h3-11,22,24H,12-19H2,1-2H3. The van der Waals surface area contributed by atoms with Crippen molar-refractivity contribution >= 4 is 11.8 Å². The normalized spacial score (nSPS) is 15.5. The first-order valence-electron chi connectivity index (χ1n) is 12.0. The maximum Gasteiger partial charge on any atom is 0.392 e. The number of piperidine rings is 1. The van der Waals surface area contributed by atoms with Crippen molar-refractivity contribution in [1.29, 1.82) is 0 Å². The number of nitrogens with zero attached hydrogens (tertiary/aromatic N) is 2. The SMILES string of the molecule is Cc1ccc(CN(C)C(=O)CC(C2CCN(C(=O)CCOc3ccccc3)CC2)C(F)(F)F)cc1. The lowest BCUT2D eigenvalue weighted by atomic mass is 9.81. The largest absolute Gasteiger partial charge is 0.493 e. The van der Waals surface area contributed by atoms with Crippen molar-refractivity contribution in [3.63, 3.8) is 0 Å². The zero-order chi connectivity index (χ0) is 25.4. The second-order valence-corrected chi connectivity index (χ2v) is 9.22. The number of hydrogen-bond acceptors (Lipinski definition) is 3. The summed E-state index contributed by atoms with van der Waals surface area (Å²) in [6, 6.07) is 16.7. The van der Waals surface area contributed by atoms with Gasteiger partial charge in [0.2, 0.25) is 11.8 Å². The summed E-state index contributed by atoms with van der Waals surface area (Å²) in [5.41, 5.74) is 1.95. The number of benzene rings is 2. The highest BCUT2D eigenvalue weighted by Gasteiger charge is 2.46. The Labute approximate surface area is 204 Å². The molecule has 0 radical (unpaired) electrons. The fraction of sp³-hybridized carbons (Fsp3) is 0.481. The molecule has 1 heterocycles. The third kappa shape index (κ3) is 8.01. The van der Waals surface area contributed by atoms with E-state index in [0.29, 0.717) is 5.75 Å². The molecule has 0 bridgehead atoms. The highest BCUT2D eigenvalue weighted by molar-refractivity contribution is 5.77. The molecule has 0 N–H and O–H groups in total. The Morgan fingerprint density at radius 3 is 2.29 bits per heavy atom. The van der Waals surface area contributed by atoms with Crippen LogP contribution in [0.25, 0.3) is 0 Å². The topological polar surface area (TPSA) is 49.9 Å². The molecule has 2 aromatic carbocycles. The summed E-state index contributed by atoms with van der Waals surface area (Å²) in [4.78, 5) is 28.1. The van der Waals surface area contributed by atoms with Gasteiger partial charge in [0.15, 0.2) is 0 Å². The summed E-state index contributed by atoms with van der Waals surface area (Å²) in [7, 11) is 1.54. The predicted octanol–water partition coefficient (Wildman–Crippen LogP) is 5.23. The number of halogens is 3. The fourth-order valence-electron chi connectivity index (χ4n) is 4.43. The van der Waals surface area contributed by atoms with E-state index in [1.165, 1.54) is 11.9 Å². The van der Waals surface area contributed by atoms with Crippen LogP contribution in [0.1, 0.15) is 36.8 Å². The molecule has 3 rings (SSSR count). The Bertz CT molecular complexity index is 956. The summed E-state index contributed by atoms with van der Waals surface area (Å²) in [6.07, 6.45) is -4.42. The van der Waals surface area contributed by atoms with Crippen LogP contribution in [0, 0.1) is 18.8 Å². The van der Waals surface area contributed by atoms with Crippen LogP contribution in [0.2, 0.25) is 0 Å². The molecule has 0 saturated carbocycles. The van der Waals surface area contributed by atoms with Crippen molar-refractivity contribution in [1.82, 2.24) is 9.80 Å². The van der Waals surface area contributed by atoms with Gasteiger partial charge in [-0.3, -0.25) is 9.59 Å². The van der Waals surface area contributed by atoms with Gasteiger partial charge in [-0.05, 0) is 43.4 Å². The van der Waals surface area contributed by atoms with Crippen LogP contribution in [-0.2, 0) is 16.1 Å². The van der Waals surface area contributed by atoms with Crippen molar-refractivity contribution in [3.8, 4) is 5.75 Å². The maximum atomic E-state index is 13.9. The average molecular weight is 491 g/mol. The monoisotopic (exact) mass is 490 g/mol. The summed E-state index contributed by atoms with van der Waals surface area (Å²) in [6.45, 7) is 2.95. The summed E-state index contributed by atoms with van der Waals surface area (Å²) < 4.78 is 47.3. The van der Waals surface area contributed by atoms with Gasteiger partial charge in [0.25, 0.3) is 0 Å². The van der Waals surface area contributed by atoms with Gasteiger partial charge in [-0.1, -0.05) is 48.0 Å². The maximum absolute atomic E-state index is 13.9. The zero-order valence-electron chi connectivity index (χ0n) is 20.3. The van der Waals surface area contributed by atoms with E-state index in [1.807, 2.05) is 49.4 Å². The van der Waals surface area contributed by atoms with Crippen molar-refractivity contribution in [2.75, 3.05) is 26.7 Å². The first-order chi connectivity index (χ1) is 16.6. The highest BCUT2D eigenvalue weighted by Crippen LogP contribution is 2.40. The van der Waals surface area contributed by atoms with Crippen molar-refractivity contribution < 1.29 is 27.5 Å². The number of likely N-dealkylation sites (tertiary alicyclic amines) is 1. The molecular formula is C27H33F3N2O3. The minimum Gasteiger partial charge on any atom is -0.493 e.